The van der Waals surface area contributed by atoms with Gasteiger partial charge in [-0.3, -0.25) is 5.01 Å². The Labute approximate surface area is 66.4 Å². The molecule has 0 radical (unpaired) electrons. The van der Waals surface area contributed by atoms with Gasteiger partial charge in [-0.25, -0.2) is 0 Å². The smallest absolute Gasteiger partial charge is 0.112 e. The standard InChI is InChI=1S/C4H9N3.HI/c1-6-3-5-7(2)4-6;/h3H,4H2,1-2H3;1H. The van der Waals surface area contributed by atoms with E-state index in [1.807, 2.05) is 24.0 Å². The van der Waals surface area contributed by atoms with Crippen molar-refractivity contribution >= 4 is 30.3 Å². The van der Waals surface area contributed by atoms with Gasteiger partial charge >= 0.3 is 0 Å². The molecule has 1 heterocycles. The highest BCUT2D eigenvalue weighted by Crippen LogP contribution is 1.92. The molecule has 1 aliphatic heterocycles. The van der Waals surface area contributed by atoms with E-state index in [0.29, 0.717) is 0 Å². The molecule has 0 fully saturated rings. The van der Waals surface area contributed by atoms with E-state index in [1.165, 1.54) is 0 Å². The van der Waals surface area contributed by atoms with Gasteiger partial charge in [0.05, 0.1) is 0 Å². The molecule has 0 aliphatic carbocycles. The van der Waals surface area contributed by atoms with Gasteiger partial charge in [0, 0.05) is 14.1 Å². The predicted octanol–water partition coefficient (Wildman–Crippen LogP) is 0.382. The van der Waals surface area contributed by atoms with Gasteiger partial charge in [0.2, 0.25) is 0 Å². The molecule has 0 atom stereocenters. The fraction of sp³-hybridized carbons (Fsp3) is 0.750. The van der Waals surface area contributed by atoms with E-state index in [4.69, 9.17) is 0 Å². The van der Waals surface area contributed by atoms with Crippen LogP contribution in [0.15, 0.2) is 5.10 Å². The highest BCUT2D eigenvalue weighted by atomic mass is 127. The lowest BCUT2D eigenvalue weighted by molar-refractivity contribution is 0.304. The van der Waals surface area contributed by atoms with Crippen LogP contribution in [0.25, 0.3) is 0 Å². The fourth-order valence-corrected chi connectivity index (χ4v) is 0.572. The molecule has 0 spiro atoms. The molecule has 1 rings (SSSR count). The van der Waals surface area contributed by atoms with Crippen molar-refractivity contribution in [2.24, 2.45) is 5.10 Å². The first kappa shape index (κ1) is 8.00. The summed E-state index contributed by atoms with van der Waals surface area (Å²) in [6, 6.07) is 0. The van der Waals surface area contributed by atoms with Crippen molar-refractivity contribution < 1.29 is 0 Å². The molecule has 0 aromatic heterocycles. The summed E-state index contributed by atoms with van der Waals surface area (Å²) in [6.45, 7) is 0.917. The van der Waals surface area contributed by atoms with Crippen LogP contribution >= 0.6 is 24.0 Å². The molecule has 0 bridgehead atoms. The SMILES string of the molecule is CN1C=NN(C)C1.I. The highest BCUT2D eigenvalue weighted by molar-refractivity contribution is 14.0. The van der Waals surface area contributed by atoms with Crippen LogP contribution in [0, 0.1) is 0 Å². The number of hydrogen-bond acceptors (Lipinski definition) is 3. The molecular formula is C4H10IN3. The van der Waals surface area contributed by atoms with E-state index < -0.39 is 0 Å². The predicted molar refractivity (Wildman–Crippen MR) is 44.3 cm³/mol. The Morgan fingerprint density at radius 2 is 2.12 bits per heavy atom. The zero-order valence-electron chi connectivity index (χ0n) is 5.03. The number of nitrogens with zero attached hydrogens (tertiary/aromatic N) is 3. The van der Waals surface area contributed by atoms with Crippen LogP contribution in [0.4, 0.5) is 0 Å². The monoisotopic (exact) mass is 227 g/mol. The van der Waals surface area contributed by atoms with Gasteiger partial charge < -0.3 is 4.90 Å². The van der Waals surface area contributed by atoms with E-state index >= 15 is 0 Å². The molecule has 0 amide bonds. The first-order valence-corrected chi connectivity index (χ1v) is 2.24. The third kappa shape index (κ3) is 1.85. The largest absolute Gasteiger partial charge is 0.345 e. The average Bonchev–Trinajstić information content (AvgIpc) is 1.87. The summed E-state index contributed by atoms with van der Waals surface area (Å²) in [5.41, 5.74) is 0. The van der Waals surface area contributed by atoms with E-state index in [-0.39, 0.29) is 24.0 Å². The Bertz CT molecular complexity index is 83.3. The summed E-state index contributed by atoms with van der Waals surface area (Å²) in [4.78, 5) is 2.01. The van der Waals surface area contributed by atoms with Crippen LogP contribution in [-0.4, -0.2) is 37.0 Å². The summed E-state index contributed by atoms with van der Waals surface area (Å²) in [7, 11) is 3.94. The first-order valence-electron chi connectivity index (χ1n) is 2.24. The van der Waals surface area contributed by atoms with Gasteiger partial charge in [-0.05, 0) is 0 Å². The lowest BCUT2D eigenvalue weighted by atomic mass is 10.9. The maximum absolute atomic E-state index is 3.95. The molecule has 0 saturated carbocycles. The zero-order valence-corrected chi connectivity index (χ0v) is 7.36. The number of halogens is 1. The van der Waals surface area contributed by atoms with E-state index in [9.17, 15) is 0 Å². The van der Waals surface area contributed by atoms with Crippen LogP contribution in [-0.2, 0) is 0 Å². The van der Waals surface area contributed by atoms with Crippen molar-refractivity contribution in [3.05, 3.63) is 0 Å². The zero-order chi connectivity index (χ0) is 5.28. The lowest BCUT2D eigenvalue weighted by Gasteiger charge is -2.07. The number of rotatable bonds is 0. The summed E-state index contributed by atoms with van der Waals surface area (Å²) >= 11 is 0. The second kappa shape index (κ2) is 3.11. The maximum Gasteiger partial charge on any atom is 0.112 e. The van der Waals surface area contributed by atoms with Crippen molar-refractivity contribution in [2.75, 3.05) is 20.8 Å². The second-order valence-electron chi connectivity index (χ2n) is 1.79. The molecule has 0 aromatic rings. The van der Waals surface area contributed by atoms with E-state index in [0.717, 1.165) is 6.67 Å². The van der Waals surface area contributed by atoms with Gasteiger partial charge in [-0.2, -0.15) is 5.10 Å². The Balaban J connectivity index is 0.000000490. The van der Waals surface area contributed by atoms with Crippen molar-refractivity contribution in [3.63, 3.8) is 0 Å². The van der Waals surface area contributed by atoms with E-state index in [1.54, 1.807) is 6.34 Å². The molecule has 3 nitrogen and oxygen atoms in total. The molecule has 0 unspecified atom stereocenters. The lowest BCUT2D eigenvalue weighted by Crippen LogP contribution is -2.19. The number of hydrazone groups is 1. The fourth-order valence-electron chi connectivity index (χ4n) is 0.572. The molecule has 1 aliphatic rings. The van der Waals surface area contributed by atoms with Crippen molar-refractivity contribution in [1.29, 1.82) is 0 Å². The topological polar surface area (TPSA) is 18.8 Å². The van der Waals surface area contributed by atoms with Crippen molar-refractivity contribution in [2.45, 2.75) is 0 Å². The van der Waals surface area contributed by atoms with Gasteiger partial charge in [0.25, 0.3) is 0 Å². The highest BCUT2D eigenvalue weighted by Gasteiger charge is 2.01. The third-order valence-corrected chi connectivity index (χ3v) is 0.874. The van der Waals surface area contributed by atoms with Gasteiger partial charge in [0.15, 0.2) is 0 Å². The maximum atomic E-state index is 3.95. The Hall–Kier alpha value is 0. The summed E-state index contributed by atoms with van der Waals surface area (Å²) in [5, 5.41) is 5.83. The summed E-state index contributed by atoms with van der Waals surface area (Å²) in [5.74, 6) is 0. The van der Waals surface area contributed by atoms with Crippen LogP contribution < -0.4 is 0 Å². The molecular weight excluding hydrogens is 217 g/mol. The molecule has 4 heteroatoms. The van der Waals surface area contributed by atoms with Crippen LogP contribution in [0.3, 0.4) is 0 Å². The normalized spacial score (nSPS) is 16.8. The van der Waals surface area contributed by atoms with Crippen molar-refractivity contribution in [3.8, 4) is 0 Å². The van der Waals surface area contributed by atoms with Crippen LogP contribution in [0.5, 0.6) is 0 Å². The van der Waals surface area contributed by atoms with Gasteiger partial charge in [-0.1, -0.05) is 0 Å². The third-order valence-electron chi connectivity index (χ3n) is 0.874. The minimum Gasteiger partial charge on any atom is -0.345 e. The Morgan fingerprint density at radius 1 is 1.50 bits per heavy atom. The molecule has 48 valence electrons. The Morgan fingerprint density at radius 3 is 2.25 bits per heavy atom. The number of hydrogen-bond donors (Lipinski definition) is 0. The van der Waals surface area contributed by atoms with Gasteiger partial charge in [-0.15, -0.1) is 24.0 Å². The summed E-state index contributed by atoms with van der Waals surface area (Å²) < 4.78 is 0. The van der Waals surface area contributed by atoms with E-state index in [2.05, 4.69) is 5.10 Å². The Kier molecular flexibility index (Phi) is 3.11. The molecule has 0 aromatic carbocycles. The van der Waals surface area contributed by atoms with Crippen LogP contribution in [0.2, 0.25) is 0 Å². The van der Waals surface area contributed by atoms with Crippen LogP contribution in [0.1, 0.15) is 0 Å². The quantitative estimate of drug-likeness (QED) is 0.557. The van der Waals surface area contributed by atoms with Crippen molar-refractivity contribution in [1.82, 2.24) is 9.91 Å². The average molecular weight is 227 g/mol. The minimum atomic E-state index is 0. The molecule has 0 saturated heterocycles. The second-order valence-corrected chi connectivity index (χ2v) is 1.79. The van der Waals surface area contributed by atoms with Gasteiger partial charge in [0.1, 0.15) is 13.0 Å². The molecule has 8 heavy (non-hydrogen) atoms. The minimum absolute atomic E-state index is 0. The molecule has 0 N–H and O–H groups in total. The summed E-state index contributed by atoms with van der Waals surface area (Å²) in [6.07, 6.45) is 1.81. The first-order chi connectivity index (χ1) is 3.29.